The maximum Gasteiger partial charge on any atom is 0.421 e. The van der Waals surface area contributed by atoms with Crippen molar-refractivity contribution >= 4 is 19.3 Å². The van der Waals surface area contributed by atoms with E-state index >= 15 is 0 Å². The van der Waals surface area contributed by atoms with E-state index in [1.54, 1.807) is 0 Å². The molecule has 84 valence electrons. The van der Waals surface area contributed by atoms with Gasteiger partial charge < -0.3 is 9.84 Å². The number of carboxylic acids is 1. The van der Waals surface area contributed by atoms with E-state index in [0.717, 1.165) is 6.20 Å². The molecule has 0 saturated carbocycles. The highest BCUT2D eigenvalue weighted by Gasteiger charge is 2.35. The Morgan fingerprint density at radius 2 is 2.19 bits per heavy atom. The monoisotopic (exact) mass is 231 g/mol. The Morgan fingerprint density at radius 3 is 2.69 bits per heavy atom. The molecule has 0 saturated heterocycles. The third kappa shape index (κ3) is 3.14. The number of hydrogen-bond acceptors (Lipinski definition) is 3. The topological polar surface area (TPSA) is 59.4 Å². The van der Waals surface area contributed by atoms with E-state index in [1.807, 2.05) is 0 Å². The molecule has 16 heavy (non-hydrogen) atoms. The van der Waals surface area contributed by atoms with Crippen molar-refractivity contribution in [2.45, 2.75) is 6.18 Å². The van der Waals surface area contributed by atoms with Crippen LogP contribution in [0, 0.1) is 0 Å². The van der Waals surface area contributed by atoms with Crippen LogP contribution in [0.3, 0.4) is 0 Å². The highest BCUT2D eigenvalue weighted by molar-refractivity contribution is 6.32. The van der Waals surface area contributed by atoms with Crippen molar-refractivity contribution in [3.63, 3.8) is 0 Å². The van der Waals surface area contributed by atoms with Gasteiger partial charge in [0.1, 0.15) is 13.4 Å². The number of nitrogens with zero attached hydrogens (tertiary/aromatic N) is 1. The Kier molecular flexibility index (Phi) is 3.41. The van der Waals surface area contributed by atoms with E-state index in [2.05, 4.69) is 9.72 Å². The molecule has 0 amide bonds. The number of aliphatic carboxylic acids is 1. The molecular weight excluding hydrogens is 226 g/mol. The standard InChI is InChI=1S/C8H5BF3NO3/c9-4-1-5(8(10,11)12)7(13-2-4)16-3-6(14)15/h1-2H,3H2,(H,14,15). The summed E-state index contributed by atoms with van der Waals surface area (Å²) < 4.78 is 41.7. The molecule has 2 radical (unpaired) electrons. The Morgan fingerprint density at radius 1 is 1.56 bits per heavy atom. The zero-order valence-corrected chi connectivity index (χ0v) is 7.78. The van der Waals surface area contributed by atoms with Crippen LogP contribution in [0.4, 0.5) is 13.2 Å². The third-order valence-corrected chi connectivity index (χ3v) is 1.51. The molecule has 1 rings (SSSR count). The van der Waals surface area contributed by atoms with Crippen molar-refractivity contribution < 1.29 is 27.8 Å². The normalized spacial score (nSPS) is 11.2. The van der Waals surface area contributed by atoms with Crippen LogP contribution in [-0.4, -0.2) is 30.5 Å². The summed E-state index contributed by atoms with van der Waals surface area (Å²) >= 11 is 0. The first kappa shape index (κ1) is 12.3. The summed E-state index contributed by atoms with van der Waals surface area (Å²) in [5, 5.41) is 8.26. The quantitative estimate of drug-likeness (QED) is 0.762. The van der Waals surface area contributed by atoms with E-state index < -0.39 is 30.2 Å². The molecule has 1 N–H and O–H groups in total. The minimum absolute atomic E-state index is 0.185. The summed E-state index contributed by atoms with van der Waals surface area (Å²) in [4.78, 5) is 13.4. The van der Waals surface area contributed by atoms with Crippen LogP contribution in [0.1, 0.15) is 5.56 Å². The van der Waals surface area contributed by atoms with Crippen molar-refractivity contribution in [1.82, 2.24) is 4.98 Å². The minimum atomic E-state index is -4.70. The van der Waals surface area contributed by atoms with Crippen LogP contribution >= 0.6 is 0 Å². The van der Waals surface area contributed by atoms with Gasteiger partial charge in [0.2, 0.25) is 5.88 Å². The van der Waals surface area contributed by atoms with Gasteiger partial charge in [-0.05, 0) is 0 Å². The molecule has 0 unspecified atom stereocenters. The van der Waals surface area contributed by atoms with Gasteiger partial charge in [0.15, 0.2) is 6.61 Å². The number of ether oxygens (including phenoxy) is 1. The fourth-order valence-electron chi connectivity index (χ4n) is 0.917. The maximum atomic E-state index is 12.4. The average molecular weight is 231 g/mol. The second-order valence-corrected chi connectivity index (χ2v) is 2.80. The zero-order valence-electron chi connectivity index (χ0n) is 7.78. The Bertz CT molecular complexity index is 408. The number of halogens is 3. The lowest BCUT2D eigenvalue weighted by atomic mass is 9.97. The highest BCUT2D eigenvalue weighted by Crippen LogP contribution is 2.33. The van der Waals surface area contributed by atoms with Crippen molar-refractivity contribution in [1.29, 1.82) is 0 Å². The first-order valence-electron chi connectivity index (χ1n) is 3.98. The molecule has 1 aromatic heterocycles. The van der Waals surface area contributed by atoms with Crippen LogP contribution in [-0.2, 0) is 11.0 Å². The lowest BCUT2D eigenvalue weighted by Crippen LogP contribution is -2.18. The summed E-state index contributed by atoms with van der Waals surface area (Å²) in [5.41, 5.74) is -1.39. The fourth-order valence-corrected chi connectivity index (χ4v) is 0.917. The van der Waals surface area contributed by atoms with E-state index in [0.29, 0.717) is 6.07 Å². The van der Waals surface area contributed by atoms with Gasteiger partial charge >= 0.3 is 12.1 Å². The first-order chi connectivity index (χ1) is 7.30. The Hall–Kier alpha value is -1.73. The van der Waals surface area contributed by atoms with Gasteiger partial charge in [-0.1, -0.05) is 11.5 Å². The summed E-state index contributed by atoms with van der Waals surface area (Å²) in [7, 11) is 5.15. The largest absolute Gasteiger partial charge is 0.479 e. The lowest BCUT2D eigenvalue weighted by Gasteiger charge is -2.12. The smallest absolute Gasteiger partial charge is 0.421 e. The highest BCUT2D eigenvalue weighted by atomic mass is 19.4. The number of hydrogen-bond donors (Lipinski definition) is 1. The number of aromatic nitrogens is 1. The summed E-state index contributed by atoms with van der Waals surface area (Å²) in [5.74, 6) is -2.20. The fraction of sp³-hybridized carbons (Fsp3) is 0.250. The summed E-state index contributed by atoms with van der Waals surface area (Å²) in [6, 6.07) is 0.629. The second-order valence-electron chi connectivity index (χ2n) is 2.80. The van der Waals surface area contributed by atoms with Crippen molar-refractivity contribution in [2.75, 3.05) is 6.61 Å². The zero-order chi connectivity index (χ0) is 12.3. The van der Waals surface area contributed by atoms with Crippen LogP contribution < -0.4 is 10.2 Å². The van der Waals surface area contributed by atoms with E-state index in [4.69, 9.17) is 13.0 Å². The summed E-state index contributed by atoms with van der Waals surface area (Å²) in [6.45, 7) is -0.903. The molecule has 0 aliphatic carbocycles. The van der Waals surface area contributed by atoms with Gasteiger partial charge in [0.25, 0.3) is 0 Å². The van der Waals surface area contributed by atoms with E-state index in [-0.39, 0.29) is 5.46 Å². The molecule has 0 aliphatic rings. The van der Waals surface area contributed by atoms with Gasteiger partial charge in [-0.3, -0.25) is 0 Å². The number of carboxylic acid groups (broad SMARTS) is 1. The molecule has 4 nitrogen and oxygen atoms in total. The van der Waals surface area contributed by atoms with E-state index in [1.165, 1.54) is 0 Å². The number of alkyl halides is 3. The molecule has 0 bridgehead atoms. The van der Waals surface area contributed by atoms with Crippen LogP contribution in [0.15, 0.2) is 12.3 Å². The number of carbonyl (C=O) groups is 1. The molecule has 1 aromatic rings. The molecule has 0 aliphatic heterocycles. The predicted octanol–water partition coefficient (Wildman–Crippen LogP) is 0.358. The van der Waals surface area contributed by atoms with Crippen molar-refractivity contribution in [3.05, 3.63) is 17.8 Å². The van der Waals surface area contributed by atoms with Crippen LogP contribution in [0.25, 0.3) is 0 Å². The third-order valence-electron chi connectivity index (χ3n) is 1.51. The van der Waals surface area contributed by atoms with Gasteiger partial charge in [0.05, 0.1) is 0 Å². The SMILES string of the molecule is [B]c1cnc(OCC(=O)O)c(C(F)(F)F)c1. The molecule has 0 fully saturated rings. The van der Waals surface area contributed by atoms with Crippen molar-refractivity contribution in [2.24, 2.45) is 0 Å². The van der Waals surface area contributed by atoms with Crippen LogP contribution in [0.5, 0.6) is 5.88 Å². The Balaban J connectivity index is 3.03. The predicted molar refractivity (Wildman–Crippen MR) is 47.8 cm³/mol. The average Bonchev–Trinajstić information content (AvgIpc) is 2.14. The maximum absolute atomic E-state index is 12.4. The minimum Gasteiger partial charge on any atom is -0.479 e. The van der Waals surface area contributed by atoms with Gasteiger partial charge in [-0.2, -0.15) is 13.2 Å². The molecular formula is C8H5BF3NO3. The molecule has 0 atom stereocenters. The second kappa shape index (κ2) is 4.42. The molecule has 1 heterocycles. The van der Waals surface area contributed by atoms with Gasteiger partial charge in [-0.25, -0.2) is 9.78 Å². The van der Waals surface area contributed by atoms with Gasteiger partial charge in [-0.15, -0.1) is 0 Å². The first-order valence-corrected chi connectivity index (χ1v) is 3.98. The number of pyridine rings is 1. The molecule has 8 heteroatoms. The van der Waals surface area contributed by atoms with Crippen LogP contribution in [0.2, 0.25) is 0 Å². The van der Waals surface area contributed by atoms with Crippen molar-refractivity contribution in [3.8, 4) is 5.88 Å². The summed E-state index contributed by atoms with van der Waals surface area (Å²) in [6.07, 6.45) is -3.75. The van der Waals surface area contributed by atoms with Gasteiger partial charge in [0, 0.05) is 6.20 Å². The lowest BCUT2D eigenvalue weighted by molar-refractivity contribution is -0.143. The van der Waals surface area contributed by atoms with E-state index in [9.17, 15) is 18.0 Å². The molecule has 0 aromatic carbocycles. The Labute approximate surface area is 89.5 Å². The number of rotatable bonds is 3. The molecule has 0 spiro atoms.